The maximum Gasteiger partial charge on any atom is 0.243 e. The third kappa shape index (κ3) is 3.69. The highest BCUT2D eigenvalue weighted by atomic mass is 16.2. The SMILES string of the molecule is CCNC(=O)CN(CC)C(=O)C1(C#N)CCCCC1. The lowest BCUT2D eigenvalue weighted by atomic mass is 9.74. The van der Waals surface area contributed by atoms with E-state index in [1.54, 1.807) is 0 Å². The maximum absolute atomic E-state index is 12.5. The molecule has 0 bridgehead atoms. The van der Waals surface area contributed by atoms with Gasteiger partial charge in [0.1, 0.15) is 5.41 Å². The molecule has 1 saturated carbocycles. The topological polar surface area (TPSA) is 73.2 Å². The van der Waals surface area contributed by atoms with E-state index in [2.05, 4.69) is 11.4 Å². The Morgan fingerprint density at radius 2 is 1.89 bits per heavy atom. The highest BCUT2D eigenvalue weighted by Crippen LogP contribution is 2.37. The minimum atomic E-state index is -0.902. The van der Waals surface area contributed by atoms with E-state index in [-0.39, 0.29) is 18.4 Å². The molecular formula is C14H23N3O2. The van der Waals surface area contributed by atoms with Crippen molar-refractivity contribution < 1.29 is 9.59 Å². The first-order valence-corrected chi connectivity index (χ1v) is 7.07. The van der Waals surface area contributed by atoms with Crippen LogP contribution in [0.4, 0.5) is 0 Å². The molecule has 0 atom stereocenters. The summed E-state index contributed by atoms with van der Waals surface area (Å²) in [5, 5.41) is 12.1. The van der Waals surface area contributed by atoms with E-state index in [9.17, 15) is 14.9 Å². The molecule has 1 aliphatic rings. The molecule has 5 heteroatoms. The quantitative estimate of drug-likeness (QED) is 0.817. The molecule has 1 rings (SSSR count). The second-order valence-electron chi connectivity index (χ2n) is 5.03. The van der Waals surface area contributed by atoms with Gasteiger partial charge in [-0.1, -0.05) is 19.3 Å². The monoisotopic (exact) mass is 265 g/mol. The Morgan fingerprint density at radius 3 is 2.37 bits per heavy atom. The Morgan fingerprint density at radius 1 is 1.26 bits per heavy atom. The molecule has 0 aromatic carbocycles. The van der Waals surface area contributed by atoms with Gasteiger partial charge in [0.05, 0.1) is 12.6 Å². The summed E-state index contributed by atoms with van der Waals surface area (Å²) in [6.45, 7) is 4.74. The van der Waals surface area contributed by atoms with Crippen molar-refractivity contribution in [3.63, 3.8) is 0 Å². The number of nitrogens with zero attached hydrogens (tertiary/aromatic N) is 2. The van der Waals surface area contributed by atoms with Crippen molar-refractivity contribution in [1.29, 1.82) is 5.26 Å². The van der Waals surface area contributed by atoms with Gasteiger partial charge >= 0.3 is 0 Å². The normalized spacial score (nSPS) is 17.3. The van der Waals surface area contributed by atoms with Crippen LogP contribution in [0.25, 0.3) is 0 Å². The zero-order valence-corrected chi connectivity index (χ0v) is 11.9. The minimum Gasteiger partial charge on any atom is -0.355 e. The predicted octanol–water partition coefficient (Wildman–Crippen LogP) is 1.45. The fourth-order valence-corrected chi connectivity index (χ4v) is 2.59. The summed E-state index contributed by atoms with van der Waals surface area (Å²) in [6.07, 6.45) is 4.15. The molecule has 0 saturated heterocycles. The number of hydrogen-bond acceptors (Lipinski definition) is 3. The van der Waals surface area contributed by atoms with Crippen molar-refractivity contribution in [3.8, 4) is 6.07 Å². The Kier molecular flexibility index (Phi) is 5.81. The lowest BCUT2D eigenvalue weighted by Crippen LogP contribution is -2.48. The number of nitriles is 1. The van der Waals surface area contributed by atoms with Crippen LogP contribution < -0.4 is 5.32 Å². The first kappa shape index (κ1) is 15.5. The minimum absolute atomic E-state index is 0.0482. The van der Waals surface area contributed by atoms with Gasteiger partial charge < -0.3 is 10.2 Å². The molecule has 106 valence electrons. The molecule has 0 radical (unpaired) electrons. The van der Waals surface area contributed by atoms with E-state index in [0.717, 1.165) is 19.3 Å². The van der Waals surface area contributed by atoms with Crippen LogP contribution in [0.1, 0.15) is 46.0 Å². The fourth-order valence-electron chi connectivity index (χ4n) is 2.59. The lowest BCUT2D eigenvalue weighted by molar-refractivity contribution is -0.143. The van der Waals surface area contributed by atoms with Crippen LogP contribution in [0, 0.1) is 16.7 Å². The fraction of sp³-hybridized carbons (Fsp3) is 0.786. The molecule has 2 amide bonds. The van der Waals surface area contributed by atoms with Crippen molar-refractivity contribution in [2.24, 2.45) is 5.41 Å². The number of rotatable bonds is 5. The van der Waals surface area contributed by atoms with Crippen molar-refractivity contribution in [2.75, 3.05) is 19.6 Å². The number of hydrogen-bond donors (Lipinski definition) is 1. The van der Waals surface area contributed by atoms with E-state index >= 15 is 0 Å². The molecule has 0 aromatic rings. The molecule has 19 heavy (non-hydrogen) atoms. The molecule has 0 aromatic heterocycles. The van der Waals surface area contributed by atoms with Gasteiger partial charge in [0.15, 0.2) is 0 Å². The first-order chi connectivity index (χ1) is 9.09. The summed E-state index contributed by atoms with van der Waals surface area (Å²) in [5.74, 6) is -0.343. The highest BCUT2D eigenvalue weighted by Gasteiger charge is 2.42. The average molecular weight is 265 g/mol. The van der Waals surface area contributed by atoms with Crippen LogP contribution in [0.15, 0.2) is 0 Å². The Hall–Kier alpha value is -1.57. The van der Waals surface area contributed by atoms with Gasteiger partial charge in [0, 0.05) is 13.1 Å². The first-order valence-electron chi connectivity index (χ1n) is 7.07. The summed E-state index contributed by atoms with van der Waals surface area (Å²) >= 11 is 0. The van der Waals surface area contributed by atoms with Gasteiger partial charge in [0.2, 0.25) is 11.8 Å². The van der Waals surface area contributed by atoms with E-state index in [1.165, 1.54) is 4.90 Å². The largest absolute Gasteiger partial charge is 0.355 e. The Labute approximate surface area is 115 Å². The summed E-state index contributed by atoms with van der Waals surface area (Å²) in [7, 11) is 0. The molecular weight excluding hydrogens is 242 g/mol. The third-order valence-electron chi connectivity index (χ3n) is 3.71. The Balaban J connectivity index is 2.76. The van der Waals surface area contributed by atoms with E-state index in [4.69, 9.17) is 0 Å². The number of likely N-dealkylation sites (N-methyl/N-ethyl adjacent to an activating group) is 2. The standard InChI is InChI=1S/C14H23N3O2/c1-3-16-12(18)10-17(4-2)13(19)14(11-15)8-6-5-7-9-14/h3-10H2,1-2H3,(H,16,18). The van der Waals surface area contributed by atoms with Crippen molar-refractivity contribution in [1.82, 2.24) is 10.2 Å². The zero-order valence-electron chi connectivity index (χ0n) is 11.9. The second kappa shape index (κ2) is 7.13. The van der Waals surface area contributed by atoms with Gasteiger partial charge in [-0.15, -0.1) is 0 Å². The van der Waals surface area contributed by atoms with E-state index in [0.29, 0.717) is 25.9 Å². The van der Waals surface area contributed by atoms with Crippen molar-refractivity contribution in [3.05, 3.63) is 0 Å². The molecule has 0 aliphatic heterocycles. The van der Waals surface area contributed by atoms with Crippen LogP contribution in [-0.2, 0) is 9.59 Å². The van der Waals surface area contributed by atoms with Crippen LogP contribution >= 0.6 is 0 Å². The van der Waals surface area contributed by atoms with Crippen molar-refractivity contribution in [2.45, 2.75) is 46.0 Å². The summed E-state index contributed by atoms with van der Waals surface area (Å²) in [5.41, 5.74) is -0.902. The number of carbonyl (C=O) groups excluding carboxylic acids is 2. The summed E-state index contributed by atoms with van der Waals surface area (Å²) in [6, 6.07) is 2.21. The van der Waals surface area contributed by atoms with Crippen LogP contribution in [0.5, 0.6) is 0 Å². The van der Waals surface area contributed by atoms with E-state index < -0.39 is 5.41 Å². The van der Waals surface area contributed by atoms with Crippen LogP contribution in [0.3, 0.4) is 0 Å². The molecule has 0 heterocycles. The van der Waals surface area contributed by atoms with Crippen molar-refractivity contribution >= 4 is 11.8 Å². The van der Waals surface area contributed by atoms with Crippen LogP contribution in [0.2, 0.25) is 0 Å². The molecule has 1 aliphatic carbocycles. The molecule has 1 N–H and O–H groups in total. The molecule has 1 fully saturated rings. The third-order valence-corrected chi connectivity index (χ3v) is 3.71. The number of carbonyl (C=O) groups is 2. The smallest absolute Gasteiger partial charge is 0.243 e. The van der Waals surface area contributed by atoms with Gasteiger partial charge in [-0.2, -0.15) is 5.26 Å². The zero-order chi connectivity index (χ0) is 14.3. The van der Waals surface area contributed by atoms with Gasteiger partial charge in [-0.3, -0.25) is 9.59 Å². The second-order valence-corrected chi connectivity index (χ2v) is 5.03. The lowest BCUT2D eigenvalue weighted by Gasteiger charge is -2.34. The van der Waals surface area contributed by atoms with Gasteiger partial charge in [-0.25, -0.2) is 0 Å². The van der Waals surface area contributed by atoms with Gasteiger partial charge in [0.25, 0.3) is 0 Å². The molecule has 5 nitrogen and oxygen atoms in total. The molecule has 0 unspecified atom stereocenters. The summed E-state index contributed by atoms with van der Waals surface area (Å²) in [4.78, 5) is 25.6. The Bertz CT molecular complexity index is 367. The summed E-state index contributed by atoms with van der Waals surface area (Å²) < 4.78 is 0. The number of nitrogens with one attached hydrogen (secondary N) is 1. The van der Waals surface area contributed by atoms with Crippen LogP contribution in [-0.4, -0.2) is 36.3 Å². The molecule has 0 spiro atoms. The van der Waals surface area contributed by atoms with E-state index in [1.807, 2.05) is 13.8 Å². The van der Waals surface area contributed by atoms with Gasteiger partial charge in [-0.05, 0) is 26.7 Å². The maximum atomic E-state index is 12.5. The highest BCUT2D eigenvalue weighted by molar-refractivity contribution is 5.89. The average Bonchev–Trinajstić information content (AvgIpc) is 2.45. The predicted molar refractivity (Wildman–Crippen MR) is 72.1 cm³/mol. The number of amides is 2.